The molecule has 0 spiro atoms. The molecule has 2 saturated carbocycles. The molecule has 1 heterocycles. The minimum atomic E-state index is -0.190. The third kappa shape index (κ3) is 3.91. The summed E-state index contributed by atoms with van der Waals surface area (Å²) in [6, 6.07) is 20.9. The number of para-hydroxylation sites is 1. The molecule has 0 bridgehead atoms. The van der Waals surface area contributed by atoms with Crippen LogP contribution in [0, 0.1) is 6.92 Å². The minimum Gasteiger partial charge on any atom is -0.318 e. The minimum absolute atomic E-state index is 0.190. The standard InChI is InChI=1S/C27H34NP/c1-21-16-18-22(19-17-21)27-20-23-10-8-9-15-26(23)28(27)29(24-11-4-2-5-12-24)25-13-6-3-7-14-25/h8-10,15-20,24-25H,2-7,11-14H2,1H3. The van der Waals surface area contributed by atoms with Gasteiger partial charge in [0, 0.05) is 13.5 Å². The molecule has 29 heavy (non-hydrogen) atoms. The molecule has 0 N–H and O–H groups in total. The fraction of sp³-hybridized carbons (Fsp3) is 0.481. The zero-order valence-corrected chi connectivity index (χ0v) is 18.7. The summed E-state index contributed by atoms with van der Waals surface area (Å²) < 4.78 is 2.86. The molecular weight excluding hydrogens is 369 g/mol. The summed E-state index contributed by atoms with van der Waals surface area (Å²) in [6.07, 6.45) is 14.4. The van der Waals surface area contributed by atoms with Crippen molar-refractivity contribution in [3.8, 4) is 11.3 Å². The lowest BCUT2D eigenvalue weighted by Crippen LogP contribution is -2.24. The van der Waals surface area contributed by atoms with Crippen molar-refractivity contribution in [3.63, 3.8) is 0 Å². The molecule has 2 aliphatic carbocycles. The van der Waals surface area contributed by atoms with Gasteiger partial charge in [0.25, 0.3) is 0 Å². The lowest BCUT2D eigenvalue weighted by atomic mass is 10.00. The van der Waals surface area contributed by atoms with E-state index in [-0.39, 0.29) is 8.07 Å². The van der Waals surface area contributed by atoms with Gasteiger partial charge in [0.05, 0.1) is 11.2 Å². The van der Waals surface area contributed by atoms with Crippen LogP contribution in [-0.4, -0.2) is 15.7 Å². The topological polar surface area (TPSA) is 4.93 Å². The molecule has 2 aliphatic rings. The van der Waals surface area contributed by atoms with E-state index in [1.807, 2.05) is 0 Å². The van der Waals surface area contributed by atoms with Gasteiger partial charge in [-0.25, -0.2) is 0 Å². The van der Waals surface area contributed by atoms with E-state index < -0.39 is 0 Å². The zero-order valence-electron chi connectivity index (χ0n) is 17.8. The number of aromatic nitrogens is 1. The summed E-state index contributed by atoms with van der Waals surface area (Å²) in [5, 5.41) is 1.42. The summed E-state index contributed by atoms with van der Waals surface area (Å²) in [4.78, 5) is 0. The van der Waals surface area contributed by atoms with Gasteiger partial charge in [0.2, 0.25) is 0 Å². The monoisotopic (exact) mass is 403 g/mol. The molecule has 2 heteroatoms. The maximum atomic E-state index is 2.86. The van der Waals surface area contributed by atoms with Crippen LogP contribution in [0.25, 0.3) is 22.2 Å². The van der Waals surface area contributed by atoms with Crippen molar-refractivity contribution < 1.29 is 0 Å². The maximum Gasteiger partial charge on any atom is 0.0527 e. The number of hydrogen-bond donors (Lipinski definition) is 0. The van der Waals surface area contributed by atoms with Crippen LogP contribution in [0.2, 0.25) is 0 Å². The highest BCUT2D eigenvalue weighted by molar-refractivity contribution is 7.58. The van der Waals surface area contributed by atoms with Gasteiger partial charge < -0.3 is 4.34 Å². The Kier molecular flexibility index (Phi) is 5.78. The molecule has 1 nitrogen and oxygen atoms in total. The van der Waals surface area contributed by atoms with Crippen LogP contribution in [-0.2, 0) is 0 Å². The Hall–Kier alpha value is -1.59. The fourth-order valence-corrected chi connectivity index (χ4v) is 9.53. The van der Waals surface area contributed by atoms with E-state index in [9.17, 15) is 0 Å². The van der Waals surface area contributed by atoms with Crippen molar-refractivity contribution >= 4 is 19.0 Å². The molecule has 1 aromatic heterocycles. The second-order valence-corrected chi connectivity index (χ2v) is 11.9. The summed E-state index contributed by atoms with van der Waals surface area (Å²) in [6.45, 7) is 2.19. The van der Waals surface area contributed by atoms with Crippen LogP contribution in [0.5, 0.6) is 0 Å². The fourth-order valence-electron chi connectivity index (χ4n) is 5.64. The summed E-state index contributed by atoms with van der Waals surface area (Å²) >= 11 is 0. The number of nitrogens with zero attached hydrogens (tertiary/aromatic N) is 1. The van der Waals surface area contributed by atoms with Gasteiger partial charge in [-0.1, -0.05) is 86.6 Å². The average Bonchev–Trinajstić information content (AvgIpc) is 3.15. The van der Waals surface area contributed by atoms with Crippen LogP contribution >= 0.6 is 8.07 Å². The number of hydrogen-bond acceptors (Lipinski definition) is 0. The Labute approximate surface area is 177 Å². The predicted octanol–water partition coefficient (Wildman–Crippen LogP) is 8.53. The van der Waals surface area contributed by atoms with Crippen LogP contribution < -0.4 is 0 Å². The molecule has 0 saturated heterocycles. The van der Waals surface area contributed by atoms with Crippen molar-refractivity contribution in [1.29, 1.82) is 0 Å². The van der Waals surface area contributed by atoms with Gasteiger partial charge >= 0.3 is 0 Å². The van der Waals surface area contributed by atoms with E-state index in [0.717, 1.165) is 11.3 Å². The molecule has 152 valence electrons. The first-order valence-electron chi connectivity index (χ1n) is 11.8. The third-order valence-corrected chi connectivity index (χ3v) is 10.6. The average molecular weight is 404 g/mol. The van der Waals surface area contributed by atoms with E-state index in [1.54, 1.807) is 0 Å². The summed E-state index contributed by atoms with van der Waals surface area (Å²) in [7, 11) is -0.190. The first-order valence-corrected chi connectivity index (χ1v) is 13.2. The van der Waals surface area contributed by atoms with Crippen molar-refractivity contribution in [3.05, 3.63) is 60.2 Å². The van der Waals surface area contributed by atoms with Crippen molar-refractivity contribution in [1.82, 2.24) is 4.34 Å². The van der Waals surface area contributed by atoms with Crippen LogP contribution in [0.4, 0.5) is 0 Å². The lowest BCUT2D eigenvalue weighted by molar-refractivity contribution is 0.482. The first-order chi connectivity index (χ1) is 14.3. The van der Waals surface area contributed by atoms with E-state index in [4.69, 9.17) is 0 Å². The Balaban J connectivity index is 1.68. The molecule has 3 aromatic rings. The highest BCUT2D eigenvalue weighted by Gasteiger charge is 2.34. The molecule has 2 aromatic carbocycles. The molecule has 0 aliphatic heterocycles. The van der Waals surface area contributed by atoms with Crippen LogP contribution in [0.1, 0.15) is 69.8 Å². The van der Waals surface area contributed by atoms with Gasteiger partial charge in [-0.3, -0.25) is 0 Å². The molecule has 0 radical (unpaired) electrons. The molecule has 2 fully saturated rings. The molecular formula is C27H34NP. The summed E-state index contributed by atoms with van der Waals surface area (Å²) in [5.74, 6) is 0. The van der Waals surface area contributed by atoms with E-state index in [2.05, 4.69) is 65.9 Å². The Morgan fingerprint density at radius 2 is 1.31 bits per heavy atom. The van der Waals surface area contributed by atoms with Crippen molar-refractivity contribution in [2.24, 2.45) is 0 Å². The van der Waals surface area contributed by atoms with E-state index in [0.29, 0.717) is 0 Å². The quantitative estimate of drug-likeness (QED) is 0.385. The van der Waals surface area contributed by atoms with Crippen LogP contribution in [0.15, 0.2) is 54.6 Å². The number of aryl methyl sites for hydroxylation is 1. The van der Waals surface area contributed by atoms with Gasteiger partial charge in [-0.15, -0.1) is 0 Å². The SMILES string of the molecule is Cc1ccc(-c2cc3ccccc3n2P(C2CCCCC2)C2CCCCC2)cc1. The normalized spacial score (nSPS) is 19.2. The van der Waals surface area contributed by atoms with Gasteiger partial charge in [-0.2, -0.15) is 0 Å². The Morgan fingerprint density at radius 1 is 0.724 bits per heavy atom. The Morgan fingerprint density at radius 3 is 1.93 bits per heavy atom. The van der Waals surface area contributed by atoms with E-state index in [1.165, 1.54) is 91.9 Å². The smallest absolute Gasteiger partial charge is 0.0527 e. The highest BCUT2D eigenvalue weighted by Crippen LogP contribution is 2.59. The first kappa shape index (κ1) is 19.4. The largest absolute Gasteiger partial charge is 0.318 e. The Bertz CT molecular complexity index is 924. The van der Waals surface area contributed by atoms with Gasteiger partial charge in [0.1, 0.15) is 0 Å². The van der Waals surface area contributed by atoms with Crippen molar-refractivity contribution in [2.75, 3.05) is 0 Å². The molecule has 5 rings (SSSR count). The second kappa shape index (κ2) is 8.65. The predicted molar refractivity (Wildman–Crippen MR) is 128 cm³/mol. The highest BCUT2D eigenvalue weighted by atomic mass is 31.1. The molecule has 0 unspecified atom stereocenters. The molecule has 0 amide bonds. The van der Waals surface area contributed by atoms with Crippen molar-refractivity contribution in [2.45, 2.75) is 82.4 Å². The van der Waals surface area contributed by atoms with Crippen LogP contribution in [0.3, 0.4) is 0 Å². The lowest BCUT2D eigenvalue weighted by Gasteiger charge is -2.40. The third-order valence-electron chi connectivity index (χ3n) is 7.16. The number of benzene rings is 2. The van der Waals surface area contributed by atoms with Gasteiger partial charge in [0.15, 0.2) is 0 Å². The molecule has 0 atom stereocenters. The zero-order chi connectivity index (χ0) is 19.6. The number of fused-ring (bicyclic) bond motifs is 1. The van der Waals surface area contributed by atoms with E-state index >= 15 is 0 Å². The number of rotatable bonds is 4. The summed E-state index contributed by atoms with van der Waals surface area (Å²) in [5.41, 5.74) is 7.49. The maximum absolute atomic E-state index is 2.86. The van der Waals surface area contributed by atoms with Gasteiger partial charge in [-0.05, 0) is 61.6 Å². The second-order valence-electron chi connectivity index (χ2n) is 9.23.